The Morgan fingerprint density at radius 3 is 2.58 bits per heavy atom. The number of hydrogen-bond acceptors (Lipinski definition) is 4. The zero-order valence-corrected chi connectivity index (χ0v) is 11.6. The summed E-state index contributed by atoms with van der Waals surface area (Å²) < 4.78 is 5.31. The van der Waals surface area contributed by atoms with E-state index in [1.807, 2.05) is 4.90 Å². The molecule has 0 atom stereocenters. The fourth-order valence-corrected chi connectivity index (χ4v) is 2.63. The number of amides is 1. The Morgan fingerprint density at radius 1 is 1.32 bits per heavy atom. The Hall–Kier alpha value is -1.39. The maximum absolute atomic E-state index is 12.1. The van der Waals surface area contributed by atoms with Crippen LogP contribution in [0.25, 0.3) is 0 Å². The highest BCUT2D eigenvalue weighted by atomic mass is 16.5. The summed E-state index contributed by atoms with van der Waals surface area (Å²) in [5, 5.41) is 4.03. The van der Waals surface area contributed by atoms with Gasteiger partial charge in [-0.05, 0) is 25.7 Å². The Bertz CT molecular complexity index is 457. The predicted molar refractivity (Wildman–Crippen MR) is 69.7 cm³/mol. The van der Waals surface area contributed by atoms with Crippen molar-refractivity contribution in [3.05, 3.63) is 11.7 Å². The van der Waals surface area contributed by atoms with Crippen molar-refractivity contribution in [3.8, 4) is 0 Å². The van der Waals surface area contributed by atoms with Gasteiger partial charge in [0.2, 0.25) is 11.8 Å². The molecular weight excluding hydrogens is 242 g/mol. The molecule has 0 spiro atoms. The van der Waals surface area contributed by atoms with Crippen LogP contribution in [0.5, 0.6) is 0 Å². The van der Waals surface area contributed by atoms with Crippen molar-refractivity contribution in [2.75, 3.05) is 13.1 Å². The minimum absolute atomic E-state index is 0.172. The second-order valence-corrected chi connectivity index (χ2v) is 5.72. The molecule has 1 aliphatic carbocycles. The molecule has 1 amide bonds. The number of nitrogens with zero attached hydrogens (tertiary/aromatic N) is 3. The van der Waals surface area contributed by atoms with E-state index in [-0.39, 0.29) is 17.7 Å². The molecule has 2 heterocycles. The van der Waals surface area contributed by atoms with Crippen molar-refractivity contribution in [2.24, 2.45) is 5.92 Å². The van der Waals surface area contributed by atoms with Crippen molar-refractivity contribution in [1.82, 2.24) is 15.0 Å². The highest BCUT2D eigenvalue weighted by Crippen LogP contribution is 2.39. The standard InChI is InChI=1S/C14H21N3O2/c1-3-9(4-2)14(18)17-7-11(8-17)13-15-12(16-19-13)10-5-6-10/h9-11H,3-8H2,1-2H3. The van der Waals surface area contributed by atoms with Crippen LogP contribution in [0.2, 0.25) is 0 Å². The van der Waals surface area contributed by atoms with E-state index in [0.29, 0.717) is 5.92 Å². The number of likely N-dealkylation sites (tertiary alicyclic amines) is 1. The summed E-state index contributed by atoms with van der Waals surface area (Å²) in [6, 6.07) is 0. The second kappa shape index (κ2) is 4.94. The second-order valence-electron chi connectivity index (χ2n) is 5.72. The number of rotatable bonds is 5. The van der Waals surface area contributed by atoms with Crippen LogP contribution in [-0.2, 0) is 4.79 Å². The number of carbonyl (C=O) groups excluding carboxylic acids is 1. The van der Waals surface area contributed by atoms with Crippen LogP contribution < -0.4 is 0 Å². The van der Waals surface area contributed by atoms with Crippen LogP contribution in [0.15, 0.2) is 4.52 Å². The molecule has 19 heavy (non-hydrogen) atoms. The third-order valence-electron chi connectivity index (χ3n) is 4.28. The first kappa shape index (κ1) is 12.6. The van der Waals surface area contributed by atoms with Crippen LogP contribution in [0, 0.1) is 5.92 Å². The van der Waals surface area contributed by atoms with Crippen molar-refractivity contribution < 1.29 is 9.32 Å². The van der Waals surface area contributed by atoms with Crippen LogP contribution >= 0.6 is 0 Å². The van der Waals surface area contributed by atoms with Crippen LogP contribution in [0.4, 0.5) is 0 Å². The van der Waals surface area contributed by atoms with E-state index in [2.05, 4.69) is 24.0 Å². The minimum atomic E-state index is 0.172. The molecule has 0 bridgehead atoms. The van der Waals surface area contributed by atoms with E-state index in [4.69, 9.17) is 4.52 Å². The smallest absolute Gasteiger partial charge is 0.233 e. The summed E-state index contributed by atoms with van der Waals surface area (Å²) >= 11 is 0. The lowest BCUT2D eigenvalue weighted by Gasteiger charge is -2.39. The first-order valence-electron chi connectivity index (χ1n) is 7.35. The number of hydrogen-bond donors (Lipinski definition) is 0. The van der Waals surface area contributed by atoms with Gasteiger partial charge >= 0.3 is 0 Å². The molecule has 1 saturated heterocycles. The average molecular weight is 263 g/mol. The molecule has 1 aliphatic heterocycles. The third kappa shape index (κ3) is 2.38. The Kier molecular flexibility index (Phi) is 3.29. The first-order chi connectivity index (χ1) is 9.22. The topological polar surface area (TPSA) is 59.2 Å². The van der Waals surface area contributed by atoms with Gasteiger partial charge in [0.25, 0.3) is 0 Å². The molecule has 0 N–H and O–H groups in total. The quantitative estimate of drug-likeness (QED) is 0.818. The molecule has 5 heteroatoms. The SMILES string of the molecule is CCC(CC)C(=O)N1CC(c2nc(C3CC3)no2)C1. The normalized spacial score (nSPS) is 19.8. The summed E-state index contributed by atoms with van der Waals surface area (Å²) in [5.74, 6) is 2.81. The van der Waals surface area contributed by atoms with E-state index in [0.717, 1.165) is 37.6 Å². The Labute approximate surface area is 113 Å². The maximum Gasteiger partial charge on any atom is 0.233 e. The molecule has 2 fully saturated rings. The summed E-state index contributed by atoms with van der Waals surface area (Å²) in [5.41, 5.74) is 0. The molecule has 5 nitrogen and oxygen atoms in total. The highest BCUT2D eigenvalue weighted by Gasteiger charge is 2.38. The van der Waals surface area contributed by atoms with E-state index >= 15 is 0 Å². The Morgan fingerprint density at radius 2 is 2.00 bits per heavy atom. The molecular formula is C14H21N3O2. The van der Waals surface area contributed by atoms with E-state index in [9.17, 15) is 4.79 Å². The largest absolute Gasteiger partial charge is 0.341 e. The molecule has 1 aromatic heterocycles. The molecule has 3 rings (SSSR count). The zero-order valence-electron chi connectivity index (χ0n) is 11.6. The molecule has 2 aliphatic rings. The number of carbonyl (C=O) groups is 1. The molecule has 104 valence electrons. The van der Waals surface area contributed by atoms with E-state index < -0.39 is 0 Å². The van der Waals surface area contributed by atoms with Crippen LogP contribution in [0.1, 0.15) is 63.1 Å². The third-order valence-corrected chi connectivity index (χ3v) is 4.28. The fraction of sp³-hybridized carbons (Fsp3) is 0.786. The van der Waals surface area contributed by atoms with Gasteiger partial charge in [-0.1, -0.05) is 19.0 Å². The van der Waals surface area contributed by atoms with Gasteiger partial charge in [-0.3, -0.25) is 4.79 Å². The zero-order chi connectivity index (χ0) is 13.4. The van der Waals surface area contributed by atoms with Gasteiger partial charge in [0, 0.05) is 24.9 Å². The summed E-state index contributed by atoms with van der Waals surface area (Å²) in [7, 11) is 0. The highest BCUT2D eigenvalue weighted by molar-refractivity contribution is 5.79. The summed E-state index contributed by atoms with van der Waals surface area (Å²) in [6.45, 7) is 5.62. The van der Waals surface area contributed by atoms with Crippen molar-refractivity contribution in [1.29, 1.82) is 0 Å². The van der Waals surface area contributed by atoms with Crippen LogP contribution in [0.3, 0.4) is 0 Å². The van der Waals surface area contributed by atoms with Crippen LogP contribution in [-0.4, -0.2) is 34.0 Å². The van der Waals surface area contributed by atoms with E-state index in [1.165, 1.54) is 12.8 Å². The summed E-state index contributed by atoms with van der Waals surface area (Å²) in [6.07, 6.45) is 4.21. The van der Waals surface area contributed by atoms with Gasteiger partial charge in [0.05, 0.1) is 5.92 Å². The lowest BCUT2D eigenvalue weighted by atomic mass is 9.94. The molecule has 0 unspecified atom stereocenters. The lowest BCUT2D eigenvalue weighted by Crippen LogP contribution is -2.50. The molecule has 0 radical (unpaired) electrons. The minimum Gasteiger partial charge on any atom is -0.341 e. The van der Waals surface area contributed by atoms with Crippen molar-refractivity contribution in [2.45, 2.75) is 51.4 Å². The van der Waals surface area contributed by atoms with Gasteiger partial charge in [-0.2, -0.15) is 4.98 Å². The van der Waals surface area contributed by atoms with Gasteiger partial charge in [0.15, 0.2) is 5.82 Å². The van der Waals surface area contributed by atoms with Gasteiger partial charge in [-0.15, -0.1) is 0 Å². The predicted octanol–water partition coefficient (Wildman–Crippen LogP) is 2.31. The molecule has 1 aromatic rings. The monoisotopic (exact) mass is 263 g/mol. The van der Waals surface area contributed by atoms with Gasteiger partial charge in [-0.25, -0.2) is 0 Å². The van der Waals surface area contributed by atoms with Gasteiger partial charge < -0.3 is 9.42 Å². The first-order valence-corrected chi connectivity index (χ1v) is 7.35. The fourth-order valence-electron chi connectivity index (χ4n) is 2.63. The average Bonchev–Trinajstić information content (AvgIpc) is 3.09. The van der Waals surface area contributed by atoms with Crippen molar-refractivity contribution >= 4 is 5.91 Å². The molecule has 1 saturated carbocycles. The molecule has 0 aromatic carbocycles. The van der Waals surface area contributed by atoms with Gasteiger partial charge in [0.1, 0.15) is 0 Å². The number of aromatic nitrogens is 2. The summed E-state index contributed by atoms with van der Waals surface area (Å²) in [4.78, 5) is 18.5. The Balaban J connectivity index is 1.55. The van der Waals surface area contributed by atoms with E-state index in [1.54, 1.807) is 0 Å². The maximum atomic E-state index is 12.1. The lowest BCUT2D eigenvalue weighted by molar-refractivity contribution is -0.140. The van der Waals surface area contributed by atoms with Crippen molar-refractivity contribution in [3.63, 3.8) is 0 Å².